The van der Waals surface area contributed by atoms with Crippen LogP contribution in [0.5, 0.6) is 0 Å². The molecule has 24 heavy (non-hydrogen) atoms. The van der Waals surface area contributed by atoms with E-state index in [0.29, 0.717) is 5.56 Å². The van der Waals surface area contributed by atoms with Crippen LogP contribution in [-0.4, -0.2) is 10.5 Å². The zero-order valence-corrected chi connectivity index (χ0v) is 13.6. The van der Waals surface area contributed by atoms with E-state index < -0.39 is 0 Å². The van der Waals surface area contributed by atoms with Crippen LogP contribution in [0.4, 0.5) is 5.69 Å². The van der Waals surface area contributed by atoms with E-state index in [4.69, 9.17) is 0 Å². The molecule has 1 aromatic heterocycles. The lowest BCUT2D eigenvalue weighted by Crippen LogP contribution is -2.19. The van der Waals surface area contributed by atoms with E-state index in [0.717, 1.165) is 22.2 Å². The maximum atomic E-state index is 12.4. The van der Waals surface area contributed by atoms with Crippen molar-refractivity contribution in [3.05, 3.63) is 82.2 Å². The van der Waals surface area contributed by atoms with Gasteiger partial charge in [-0.1, -0.05) is 35.9 Å². The van der Waals surface area contributed by atoms with E-state index >= 15 is 0 Å². The first-order chi connectivity index (χ1) is 11.5. The Bertz CT molecular complexity index is 983. The van der Waals surface area contributed by atoms with E-state index in [9.17, 15) is 9.59 Å². The van der Waals surface area contributed by atoms with Gasteiger partial charge in [-0.15, -0.1) is 0 Å². The van der Waals surface area contributed by atoms with Crippen LogP contribution in [0.2, 0.25) is 0 Å². The number of rotatable bonds is 3. The third-order valence-electron chi connectivity index (χ3n) is 3.89. The average molecular weight is 318 g/mol. The number of benzene rings is 2. The van der Waals surface area contributed by atoms with Gasteiger partial charge in [0.05, 0.1) is 5.52 Å². The highest BCUT2D eigenvalue weighted by Gasteiger charge is 2.04. The molecule has 0 atom stereocenters. The second kappa shape index (κ2) is 6.54. The summed E-state index contributed by atoms with van der Waals surface area (Å²) >= 11 is 0. The Hall–Kier alpha value is -3.14. The van der Waals surface area contributed by atoms with Crippen molar-refractivity contribution < 1.29 is 4.79 Å². The fourth-order valence-electron chi connectivity index (χ4n) is 2.55. The molecule has 0 saturated carbocycles. The molecule has 3 rings (SSSR count). The van der Waals surface area contributed by atoms with Crippen LogP contribution in [0.25, 0.3) is 17.0 Å². The van der Waals surface area contributed by atoms with Gasteiger partial charge in [-0.3, -0.25) is 9.59 Å². The summed E-state index contributed by atoms with van der Waals surface area (Å²) in [7, 11) is 1.73. The molecule has 0 aliphatic carbocycles. The molecule has 0 bridgehead atoms. The van der Waals surface area contributed by atoms with Crippen molar-refractivity contribution in [3.8, 4) is 0 Å². The van der Waals surface area contributed by atoms with Crippen molar-refractivity contribution >= 4 is 28.6 Å². The van der Waals surface area contributed by atoms with Gasteiger partial charge in [0.2, 0.25) is 5.91 Å². The molecule has 4 nitrogen and oxygen atoms in total. The number of para-hydroxylation sites is 1. The van der Waals surface area contributed by atoms with Crippen LogP contribution >= 0.6 is 0 Å². The largest absolute Gasteiger partial charge is 0.323 e. The van der Waals surface area contributed by atoms with Gasteiger partial charge in [0.15, 0.2) is 0 Å². The highest BCUT2D eigenvalue weighted by molar-refractivity contribution is 6.02. The molecule has 1 heterocycles. The van der Waals surface area contributed by atoms with Crippen molar-refractivity contribution in [2.24, 2.45) is 7.05 Å². The van der Waals surface area contributed by atoms with Crippen molar-refractivity contribution in [1.82, 2.24) is 4.57 Å². The highest BCUT2D eigenvalue weighted by Crippen LogP contribution is 2.13. The quantitative estimate of drug-likeness (QED) is 0.752. The molecule has 0 aliphatic rings. The first-order valence-electron chi connectivity index (χ1n) is 7.69. The van der Waals surface area contributed by atoms with E-state index in [2.05, 4.69) is 5.32 Å². The van der Waals surface area contributed by atoms with Gasteiger partial charge in [-0.25, -0.2) is 0 Å². The van der Waals surface area contributed by atoms with Crippen LogP contribution in [0.15, 0.2) is 65.5 Å². The Morgan fingerprint density at radius 1 is 1.08 bits per heavy atom. The van der Waals surface area contributed by atoms with Crippen LogP contribution in [-0.2, 0) is 11.8 Å². The predicted molar refractivity (Wildman–Crippen MR) is 98.0 cm³/mol. The average Bonchev–Trinajstić information content (AvgIpc) is 2.59. The number of aromatic nitrogens is 1. The number of nitrogens with zero attached hydrogens (tertiary/aromatic N) is 1. The highest BCUT2D eigenvalue weighted by atomic mass is 16.1. The Morgan fingerprint density at radius 2 is 1.79 bits per heavy atom. The first kappa shape index (κ1) is 15.7. The zero-order valence-electron chi connectivity index (χ0n) is 13.6. The normalized spacial score (nSPS) is 11.1. The van der Waals surface area contributed by atoms with Gasteiger partial charge in [0, 0.05) is 24.4 Å². The monoisotopic (exact) mass is 318 g/mol. The molecule has 2 aromatic carbocycles. The molecule has 1 N–H and O–H groups in total. The summed E-state index contributed by atoms with van der Waals surface area (Å²) in [5, 5.41) is 3.73. The molecule has 0 spiro atoms. The lowest BCUT2D eigenvalue weighted by Gasteiger charge is -2.06. The van der Waals surface area contributed by atoms with Crippen molar-refractivity contribution in [3.63, 3.8) is 0 Å². The van der Waals surface area contributed by atoms with Crippen molar-refractivity contribution in [1.29, 1.82) is 0 Å². The summed E-state index contributed by atoms with van der Waals surface area (Å²) in [5.74, 6) is -0.269. The minimum Gasteiger partial charge on any atom is -0.323 e. The third kappa shape index (κ3) is 3.27. The number of pyridine rings is 1. The second-order valence-corrected chi connectivity index (χ2v) is 5.71. The molecular formula is C20H18N2O2. The van der Waals surface area contributed by atoms with Crippen molar-refractivity contribution in [2.75, 3.05) is 5.32 Å². The van der Waals surface area contributed by atoms with Gasteiger partial charge in [-0.2, -0.15) is 0 Å². The molecule has 0 unspecified atom stereocenters. The van der Waals surface area contributed by atoms with Gasteiger partial charge >= 0.3 is 0 Å². The summed E-state index contributed by atoms with van der Waals surface area (Å²) in [5.41, 5.74) is 3.07. The summed E-state index contributed by atoms with van der Waals surface area (Å²) in [4.78, 5) is 24.4. The maximum Gasteiger partial charge on any atom is 0.258 e. The standard InChI is InChI=1S/C20H18N2O2/c1-14-7-10-17(11-8-14)21-19(23)12-9-16-13-15-5-3-4-6-18(15)22(2)20(16)24/h3-13H,1-2H3,(H,21,23)/b12-9+. The van der Waals surface area contributed by atoms with Crippen LogP contribution in [0.3, 0.4) is 0 Å². The second-order valence-electron chi connectivity index (χ2n) is 5.71. The van der Waals surface area contributed by atoms with Crippen LogP contribution in [0, 0.1) is 6.92 Å². The number of hydrogen-bond acceptors (Lipinski definition) is 2. The molecule has 0 fully saturated rings. The zero-order chi connectivity index (χ0) is 17.1. The topological polar surface area (TPSA) is 51.1 Å². The summed E-state index contributed by atoms with van der Waals surface area (Å²) in [6, 6.07) is 17.0. The minimum atomic E-state index is -0.269. The van der Waals surface area contributed by atoms with E-state index in [1.54, 1.807) is 23.8 Å². The van der Waals surface area contributed by atoms with Crippen LogP contribution in [0.1, 0.15) is 11.1 Å². The Morgan fingerprint density at radius 3 is 2.54 bits per heavy atom. The van der Waals surface area contributed by atoms with Crippen LogP contribution < -0.4 is 10.9 Å². The SMILES string of the molecule is Cc1ccc(NC(=O)/C=C/c2cc3ccccc3n(C)c2=O)cc1. The lowest BCUT2D eigenvalue weighted by atomic mass is 10.1. The molecule has 0 radical (unpaired) electrons. The van der Waals surface area contributed by atoms with E-state index in [-0.39, 0.29) is 11.5 Å². The van der Waals surface area contributed by atoms with E-state index in [1.807, 2.05) is 55.5 Å². The number of anilines is 1. The van der Waals surface area contributed by atoms with Gasteiger partial charge in [0.25, 0.3) is 5.56 Å². The number of aryl methyl sites for hydroxylation is 2. The fourth-order valence-corrected chi connectivity index (χ4v) is 2.55. The molecule has 3 aromatic rings. The fraction of sp³-hybridized carbons (Fsp3) is 0.100. The molecule has 0 aliphatic heterocycles. The third-order valence-corrected chi connectivity index (χ3v) is 3.89. The molecule has 4 heteroatoms. The molecule has 120 valence electrons. The number of carbonyl (C=O) groups is 1. The smallest absolute Gasteiger partial charge is 0.258 e. The lowest BCUT2D eigenvalue weighted by molar-refractivity contribution is -0.111. The molecule has 0 saturated heterocycles. The Labute approximate surface area is 140 Å². The number of fused-ring (bicyclic) bond motifs is 1. The number of carbonyl (C=O) groups excluding carboxylic acids is 1. The van der Waals surface area contributed by atoms with Gasteiger partial charge in [-0.05, 0) is 42.7 Å². The Balaban J connectivity index is 1.85. The van der Waals surface area contributed by atoms with Crippen molar-refractivity contribution in [2.45, 2.75) is 6.92 Å². The van der Waals surface area contributed by atoms with Gasteiger partial charge < -0.3 is 9.88 Å². The van der Waals surface area contributed by atoms with Gasteiger partial charge in [0.1, 0.15) is 0 Å². The van der Waals surface area contributed by atoms with E-state index in [1.165, 1.54) is 6.08 Å². The number of hydrogen-bond donors (Lipinski definition) is 1. The Kier molecular flexibility index (Phi) is 4.29. The first-order valence-corrected chi connectivity index (χ1v) is 7.69. The molecule has 1 amide bonds. The number of amides is 1. The minimum absolute atomic E-state index is 0.131. The summed E-state index contributed by atoms with van der Waals surface area (Å²) in [6.07, 6.45) is 2.93. The predicted octanol–water partition coefficient (Wildman–Crippen LogP) is 3.50. The summed E-state index contributed by atoms with van der Waals surface area (Å²) in [6.45, 7) is 1.99. The maximum absolute atomic E-state index is 12.4. The summed E-state index contributed by atoms with van der Waals surface area (Å²) < 4.78 is 1.59. The number of nitrogens with one attached hydrogen (secondary N) is 1. The molecular weight excluding hydrogens is 300 g/mol.